The molecule has 0 saturated carbocycles. The Balaban J connectivity index is 1.06. The minimum Gasteiger partial charge on any atom is -0.392 e. The SMILES string of the molecule is CC(c1ccc(F)cc1)n1cncc1CN1CCN(S(=O)(=O)c2cnc(N3CCN4CC(O)CC4C3)s2)CC1. The first-order valence-corrected chi connectivity index (χ1v) is 15.6. The molecule has 6 rings (SSSR count). The van der Waals surface area contributed by atoms with E-state index in [9.17, 15) is 17.9 Å². The van der Waals surface area contributed by atoms with E-state index in [1.165, 1.54) is 29.7 Å². The average molecular weight is 576 g/mol. The van der Waals surface area contributed by atoms with Crippen LogP contribution < -0.4 is 4.90 Å². The maximum atomic E-state index is 13.4. The number of hydrogen-bond donors (Lipinski definition) is 1. The third kappa shape index (κ3) is 5.48. The predicted molar refractivity (Wildman–Crippen MR) is 147 cm³/mol. The van der Waals surface area contributed by atoms with Crippen molar-refractivity contribution in [1.29, 1.82) is 0 Å². The van der Waals surface area contributed by atoms with Crippen LogP contribution in [0.1, 0.15) is 30.6 Å². The third-order valence-electron chi connectivity index (χ3n) is 8.16. The molecule has 3 unspecified atom stereocenters. The highest BCUT2D eigenvalue weighted by atomic mass is 32.2. The van der Waals surface area contributed by atoms with Gasteiger partial charge in [0.1, 0.15) is 5.82 Å². The summed E-state index contributed by atoms with van der Waals surface area (Å²) in [5.41, 5.74) is 2.03. The lowest BCUT2D eigenvalue weighted by atomic mass is 10.1. The van der Waals surface area contributed by atoms with E-state index in [0.717, 1.165) is 49.0 Å². The second kappa shape index (κ2) is 10.9. The monoisotopic (exact) mass is 575 g/mol. The topological polar surface area (TPSA) is 98.0 Å². The maximum Gasteiger partial charge on any atom is 0.254 e. The molecule has 3 saturated heterocycles. The summed E-state index contributed by atoms with van der Waals surface area (Å²) < 4.78 is 44.2. The Labute approximate surface area is 232 Å². The van der Waals surface area contributed by atoms with Gasteiger partial charge in [0.25, 0.3) is 10.0 Å². The Bertz CT molecular complexity index is 1390. The highest BCUT2D eigenvalue weighted by Gasteiger charge is 2.37. The van der Waals surface area contributed by atoms with Crippen molar-refractivity contribution >= 4 is 26.5 Å². The van der Waals surface area contributed by atoms with Gasteiger partial charge in [0.05, 0.1) is 30.4 Å². The average Bonchev–Trinajstić information content (AvgIpc) is 3.68. The van der Waals surface area contributed by atoms with E-state index in [1.807, 2.05) is 6.20 Å². The van der Waals surface area contributed by atoms with Crippen molar-refractivity contribution in [2.45, 2.75) is 42.3 Å². The van der Waals surface area contributed by atoms with Gasteiger partial charge in [-0.1, -0.05) is 23.5 Å². The zero-order valence-corrected chi connectivity index (χ0v) is 23.6. The number of halogens is 1. The molecule has 210 valence electrons. The Kier molecular flexibility index (Phi) is 7.46. The molecule has 3 aliphatic rings. The molecule has 3 atom stereocenters. The summed E-state index contributed by atoms with van der Waals surface area (Å²) in [6.45, 7) is 7.90. The molecule has 0 amide bonds. The van der Waals surface area contributed by atoms with E-state index in [1.54, 1.807) is 22.8 Å². The molecule has 0 spiro atoms. The van der Waals surface area contributed by atoms with Crippen molar-refractivity contribution in [2.75, 3.05) is 57.3 Å². The second-order valence-corrected chi connectivity index (χ2v) is 13.8. The lowest BCUT2D eigenvalue weighted by Gasteiger charge is -2.37. The van der Waals surface area contributed by atoms with Crippen molar-refractivity contribution in [3.05, 3.63) is 60.1 Å². The number of nitrogens with zero attached hydrogens (tertiary/aromatic N) is 7. The van der Waals surface area contributed by atoms with Crippen molar-refractivity contribution in [1.82, 2.24) is 28.6 Å². The van der Waals surface area contributed by atoms with Crippen LogP contribution in [0.25, 0.3) is 0 Å². The van der Waals surface area contributed by atoms with Crippen LogP contribution in [0.3, 0.4) is 0 Å². The molecule has 39 heavy (non-hydrogen) atoms. The van der Waals surface area contributed by atoms with Gasteiger partial charge in [0.2, 0.25) is 0 Å². The Morgan fingerprint density at radius 1 is 1.08 bits per heavy atom. The summed E-state index contributed by atoms with van der Waals surface area (Å²) in [7, 11) is -3.62. The number of anilines is 1. The Morgan fingerprint density at radius 3 is 2.62 bits per heavy atom. The van der Waals surface area contributed by atoms with Crippen molar-refractivity contribution in [3.8, 4) is 0 Å². The van der Waals surface area contributed by atoms with Crippen LogP contribution in [0.4, 0.5) is 9.52 Å². The summed E-state index contributed by atoms with van der Waals surface area (Å²) in [4.78, 5) is 15.5. The molecule has 3 aromatic rings. The molecule has 3 fully saturated rings. The molecule has 1 aromatic carbocycles. The molecule has 1 N–H and O–H groups in total. The molecule has 5 heterocycles. The van der Waals surface area contributed by atoms with Gasteiger partial charge in [-0.15, -0.1) is 0 Å². The number of aliphatic hydroxyl groups excluding tert-OH is 1. The molecule has 10 nitrogen and oxygen atoms in total. The highest BCUT2D eigenvalue weighted by Crippen LogP contribution is 2.32. The van der Waals surface area contributed by atoms with Gasteiger partial charge >= 0.3 is 0 Å². The Morgan fingerprint density at radius 2 is 1.85 bits per heavy atom. The molecule has 13 heteroatoms. The quantitative estimate of drug-likeness (QED) is 0.456. The van der Waals surface area contributed by atoms with Crippen LogP contribution in [-0.2, 0) is 16.6 Å². The summed E-state index contributed by atoms with van der Waals surface area (Å²) >= 11 is 1.24. The van der Waals surface area contributed by atoms with Crippen LogP contribution in [-0.4, -0.2) is 107 Å². The first-order chi connectivity index (χ1) is 18.8. The predicted octanol–water partition coefficient (Wildman–Crippen LogP) is 1.85. The molecule has 3 aliphatic heterocycles. The van der Waals surface area contributed by atoms with Crippen LogP contribution >= 0.6 is 11.3 Å². The van der Waals surface area contributed by atoms with Gasteiger partial charge in [-0.05, 0) is 31.0 Å². The minimum absolute atomic E-state index is 0.00649. The number of rotatable bonds is 7. The number of thiazole rings is 1. The second-order valence-electron chi connectivity index (χ2n) is 10.6. The largest absolute Gasteiger partial charge is 0.392 e. The van der Waals surface area contributed by atoms with Gasteiger partial charge in [-0.2, -0.15) is 4.31 Å². The maximum absolute atomic E-state index is 13.4. The smallest absolute Gasteiger partial charge is 0.254 e. The van der Waals surface area contributed by atoms with Crippen molar-refractivity contribution < 1.29 is 17.9 Å². The number of benzene rings is 1. The van der Waals surface area contributed by atoms with Gasteiger partial charge < -0.3 is 14.6 Å². The fourth-order valence-corrected chi connectivity index (χ4v) is 8.63. The van der Waals surface area contributed by atoms with Gasteiger partial charge in [0.15, 0.2) is 9.34 Å². The van der Waals surface area contributed by atoms with E-state index in [-0.39, 0.29) is 22.2 Å². The molecule has 0 radical (unpaired) electrons. The van der Waals surface area contributed by atoms with Gasteiger partial charge in [-0.25, -0.2) is 22.8 Å². The number of aromatic nitrogens is 3. The summed E-state index contributed by atoms with van der Waals surface area (Å²) in [5.74, 6) is -0.258. The number of piperazine rings is 2. The van der Waals surface area contributed by atoms with E-state index < -0.39 is 10.0 Å². The van der Waals surface area contributed by atoms with Crippen LogP contribution in [0.15, 0.2) is 47.2 Å². The van der Waals surface area contributed by atoms with Gasteiger partial charge in [-0.3, -0.25) is 9.80 Å². The van der Waals surface area contributed by atoms with Crippen molar-refractivity contribution in [2.24, 2.45) is 0 Å². The Hall–Kier alpha value is -2.42. The number of aliphatic hydroxyl groups is 1. The molecule has 0 bridgehead atoms. The van der Waals surface area contributed by atoms with Crippen LogP contribution in [0, 0.1) is 5.82 Å². The van der Waals surface area contributed by atoms with E-state index in [0.29, 0.717) is 38.8 Å². The molecule has 0 aliphatic carbocycles. The van der Waals surface area contributed by atoms with Crippen LogP contribution in [0.5, 0.6) is 0 Å². The lowest BCUT2D eigenvalue weighted by molar-refractivity contribution is 0.173. The van der Waals surface area contributed by atoms with Crippen molar-refractivity contribution in [3.63, 3.8) is 0 Å². The first kappa shape index (κ1) is 26.8. The number of imidazole rings is 1. The summed E-state index contributed by atoms with van der Waals surface area (Å²) in [6.07, 6.45) is 5.60. The highest BCUT2D eigenvalue weighted by molar-refractivity contribution is 7.91. The normalized spacial score (nSPS) is 24.2. The lowest BCUT2D eigenvalue weighted by Crippen LogP contribution is -2.50. The standard InChI is InChI=1S/C26H34FN7O3S2/c1-19(20-2-4-21(27)5-3-20)34-18-28-13-23(34)15-30-6-10-33(11-7-30)39(36,37)25-14-29-26(38-25)32-9-8-31-17-24(35)12-22(31)16-32/h2-5,13-14,18-19,22,24,35H,6-12,15-17H2,1H3. The first-order valence-electron chi connectivity index (χ1n) is 13.4. The number of hydrogen-bond acceptors (Lipinski definition) is 9. The fraction of sp³-hybridized carbons (Fsp3) is 0.538. The third-order valence-corrected chi connectivity index (χ3v) is 11.6. The molecular formula is C26H34FN7O3S2. The van der Waals surface area contributed by atoms with E-state index >= 15 is 0 Å². The zero-order valence-electron chi connectivity index (χ0n) is 21.9. The van der Waals surface area contributed by atoms with Crippen LogP contribution in [0.2, 0.25) is 0 Å². The van der Waals surface area contributed by atoms with Gasteiger partial charge in [0, 0.05) is 71.1 Å². The minimum atomic E-state index is -3.62. The molecule has 2 aromatic heterocycles. The summed E-state index contributed by atoms with van der Waals surface area (Å²) in [6, 6.07) is 6.81. The summed E-state index contributed by atoms with van der Waals surface area (Å²) in [5, 5.41) is 10.7. The van der Waals surface area contributed by atoms with E-state index in [4.69, 9.17) is 0 Å². The number of fused-ring (bicyclic) bond motifs is 1. The zero-order chi connectivity index (χ0) is 27.1. The fourth-order valence-electron chi connectivity index (χ4n) is 5.90. The number of sulfonamides is 1. The van der Waals surface area contributed by atoms with E-state index in [2.05, 4.69) is 36.2 Å². The molecular weight excluding hydrogens is 541 g/mol.